The van der Waals surface area contributed by atoms with Crippen LogP contribution < -0.4 is 0 Å². The van der Waals surface area contributed by atoms with E-state index in [9.17, 15) is 4.79 Å². The Bertz CT molecular complexity index is 604. The van der Waals surface area contributed by atoms with E-state index >= 15 is 0 Å². The Morgan fingerprint density at radius 3 is 2.77 bits per heavy atom. The van der Waals surface area contributed by atoms with Crippen molar-refractivity contribution >= 4 is 34.5 Å². The summed E-state index contributed by atoms with van der Waals surface area (Å²) >= 11 is 2.33. The highest BCUT2D eigenvalue weighted by Crippen LogP contribution is 2.31. The maximum Gasteiger partial charge on any atom is 0.202 e. The summed E-state index contributed by atoms with van der Waals surface area (Å²) in [5.41, 5.74) is 1.03. The molecule has 22 heavy (non-hydrogen) atoms. The number of hydrogen-bond donors (Lipinski definition) is 0. The predicted octanol–water partition coefficient (Wildman–Crippen LogP) is 3.67. The molecule has 0 radical (unpaired) electrons. The fourth-order valence-electron chi connectivity index (χ4n) is 2.31. The summed E-state index contributed by atoms with van der Waals surface area (Å²) in [5.74, 6) is 5.46. The summed E-state index contributed by atoms with van der Waals surface area (Å²) < 4.78 is 12.1. The summed E-state index contributed by atoms with van der Waals surface area (Å²) in [6.45, 7) is 3.03. The molecule has 0 atom stereocenters. The molecule has 4 heteroatoms. The zero-order chi connectivity index (χ0) is 15.8. The predicted molar refractivity (Wildman–Crippen MR) is 95.1 cm³/mol. The van der Waals surface area contributed by atoms with Gasteiger partial charge < -0.3 is 9.47 Å². The molecule has 0 bridgehead atoms. The summed E-state index contributed by atoms with van der Waals surface area (Å²) in [4.78, 5) is 11.0. The maximum absolute atomic E-state index is 11.0. The van der Waals surface area contributed by atoms with Gasteiger partial charge in [-0.1, -0.05) is 36.3 Å². The molecule has 2 rings (SSSR count). The van der Waals surface area contributed by atoms with E-state index in [1.807, 2.05) is 12.1 Å². The zero-order valence-corrected chi connectivity index (χ0v) is 14.8. The molecule has 0 saturated carbocycles. The van der Waals surface area contributed by atoms with Crippen LogP contribution in [0.15, 0.2) is 30.3 Å². The number of Topliss-reactive ketones (excluding diaryl/α,β-unsaturated/α-hetero) is 1. The van der Waals surface area contributed by atoms with E-state index in [-0.39, 0.29) is 11.2 Å². The van der Waals surface area contributed by atoms with Crippen LogP contribution >= 0.6 is 22.6 Å². The highest BCUT2D eigenvalue weighted by Gasteiger charge is 2.32. The number of hydrogen-bond acceptors (Lipinski definition) is 3. The average molecular weight is 410 g/mol. The van der Waals surface area contributed by atoms with Gasteiger partial charge in [-0.3, -0.25) is 4.79 Å². The second-order valence-electron chi connectivity index (χ2n) is 5.48. The maximum atomic E-state index is 11.0. The van der Waals surface area contributed by atoms with Gasteiger partial charge in [0, 0.05) is 22.3 Å². The van der Waals surface area contributed by atoms with Crippen molar-refractivity contribution in [3.05, 3.63) is 39.5 Å². The van der Waals surface area contributed by atoms with E-state index in [4.69, 9.17) is 9.47 Å². The zero-order valence-electron chi connectivity index (χ0n) is 12.6. The third kappa shape index (κ3) is 5.24. The summed E-state index contributed by atoms with van der Waals surface area (Å²) in [5, 5.41) is 0. The molecule has 1 aliphatic rings. The first-order valence-electron chi connectivity index (χ1n) is 7.17. The molecule has 3 nitrogen and oxygen atoms in total. The van der Waals surface area contributed by atoms with Crippen LogP contribution in [0.4, 0.5) is 0 Å². The van der Waals surface area contributed by atoms with Gasteiger partial charge in [-0.2, -0.15) is 0 Å². The largest absolute Gasteiger partial charge is 0.355 e. The molecular formula is C18H19IO3. The molecule has 0 aliphatic carbocycles. The Kier molecular flexibility index (Phi) is 6.62. The van der Waals surface area contributed by atoms with Gasteiger partial charge in [-0.05, 0) is 46.6 Å². The lowest BCUT2D eigenvalue weighted by Gasteiger charge is -2.34. The summed E-state index contributed by atoms with van der Waals surface area (Å²) in [6, 6.07) is 8.24. The molecule has 116 valence electrons. The number of rotatable bonds is 4. The normalized spacial score (nSPS) is 17.0. The van der Waals surface area contributed by atoms with Gasteiger partial charge in [0.2, 0.25) is 5.78 Å². The molecule has 1 saturated heterocycles. The Morgan fingerprint density at radius 2 is 2.09 bits per heavy atom. The van der Waals surface area contributed by atoms with Gasteiger partial charge in [0.15, 0.2) is 0 Å². The number of ketones is 1. The van der Waals surface area contributed by atoms with E-state index in [1.54, 1.807) is 0 Å². The number of carbonyl (C=O) groups is 1. The highest BCUT2D eigenvalue weighted by molar-refractivity contribution is 14.1. The van der Waals surface area contributed by atoms with Crippen LogP contribution in [-0.4, -0.2) is 25.8 Å². The van der Waals surface area contributed by atoms with Crippen molar-refractivity contribution in [3.63, 3.8) is 0 Å². The number of allylic oxidation sites excluding steroid dienone is 1. The van der Waals surface area contributed by atoms with E-state index in [0.717, 1.165) is 6.42 Å². The van der Waals surface area contributed by atoms with Crippen LogP contribution in [0.5, 0.6) is 0 Å². The van der Waals surface area contributed by atoms with Crippen LogP contribution in [0.25, 0.3) is 6.08 Å². The minimum absolute atomic E-state index is 0.109. The lowest BCUT2D eigenvalue weighted by atomic mass is 9.82. The van der Waals surface area contributed by atoms with E-state index in [2.05, 4.69) is 58.7 Å². The fraction of sp³-hybridized carbons (Fsp3) is 0.389. The van der Waals surface area contributed by atoms with Crippen molar-refractivity contribution in [1.29, 1.82) is 0 Å². The molecule has 1 aliphatic heterocycles. The van der Waals surface area contributed by atoms with E-state index < -0.39 is 0 Å². The van der Waals surface area contributed by atoms with Crippen molar-refractivity contribution in [2.45, 2.75) is 19.8 Å². The molecule has 1 heterocycles. The van der Waals surface area contributed by atoms with Gasteiger partial charge in [0.1, 0.15) is 6.79 Å². The van der Waals surface area contributed by atoms with E-state index in [1.165, 1.54) is 16.1 Å². The van der Waals surface area contributed by atoms with Gasteiger partial charge >= 0.3 is 0 Å². The summed E-state index contributed by atoms with van der Waals surface area (Å²) in [7, 11) is 0. The van der Waals surface area contributed by atoms with Gasteiger partial charge in [-0.15, -0.1) is 0 Å². The second kappa shape index (κ2) is 8.47. The summed E-state index contributed by atoms with van der Waals surface area (Å²) in [6.07, 6.45) is 5.68. The van der Waals surface area contributed by atoms with Crippen molar-refractivity contribution in [2.24, 2.45) is 5.41 Å². The smallest absolute Gasteiger partial charge is 0.202 e. The van der Waals surface area contributed by atoms with Gasteiger partial charge in [0.25, 0.3) is 0 Å². The minimum Gasteiger partial charge on any atom is -0.355 e. The Balaban J connectivity index is 2.05. The third-order valence-corrected chi connectivity index (χ3v) is 4.45. The Hall–Kier alpha value is -1.16. The number of benzene rings is 1. The first-order valence-corrected chi connectivity index (χ1v) is 8.25. The highest BCUT2D eigenvalue weighted by atomic mass is 127. The fourth-order valence-corrected chi connectivity index (χ4v) is 2.88. The first kappa shape index (κ1) is 17.2. The van der Waals surface area contributed by atoms with Crippen LogP contribution in [0.1, 0.15) is 25.3 Å². The topological polar surface area (TPSA) is 35.5 Å². The van der Waals surface area contributed by atoms with Crippen LogP contribution in [0, 0.1) is 20.8 Å². The molecule has 0 amide bonds. The molecular weight excluding hydrogens is 391 g/mol. The Morgan fingerprint density at radius 1 is 1.36 bits per heavy atom. The Labute approximate surface area is 145 Å². The van der Waals surface area contributed by atoms with Crippen molar-refractivity contribution in [3.8, 4) is 11.8 Å². The molecule has 0 unspecified atom stereocenters. The molecule has 1 aromatic rings. The van der Waals surface area contributed by atoms with Crippen LogP contribution in [0.3, 0.4) is 0 Å². The van der Waals surface area contributed by atoms with Gasteiger partial charge in [-0.25, -0.2) is 0 Å². The van der Waals surface area contributed by atoms with Crippen molar-refractivity contribution in [1.82, 2.24) is 0 Å². The van der Waals surface area contributed by atoms with E-state index in [0.29, 0.717) is 26.4 Å². The van der Waals surface area contributed by atoms with Gasteiger partial charge in [0.05, 0.1) is 13.2 Å². The third-order valence-electron chi connectivity index (χ3n) is 3.46. The quantitative estimate of drug-likeness (QED) is 0.432. The lowest BCUT2D eigenvalue weighted by molar-refractivity contribution is -0.162. The SMILES string of the molecule is CC(=O)C#CCC1(C/C=C/c2ccccc2I)COCOC1. The molecule has 1 fully saturated rings. The molecule has 0 spiro atoms. The number of carbonyl (C=O) groups excluding carboxylic acids is 1. The monoisotopic (exact) mass is 410 g/mol. The molecule has 0 aromatic heterocycles. The van der Waals surface area contributed by atoms with Crippen LogP contribution in [-0.2, 0) is 14.3 Å². The standard InChI is InChI=1S/C18H19IO3/c1-15(20)6-4-10-18(12-21-14-22-13-18)11-5-8-16-7-2-3-9-17(16)19/h2-3,5,7-9H,10-14H2,1H3/b8-5+. The molecule has 0 N–H and O–H groups in total. The number of ether oxygens (including phenoxy) is 2. The van der Waals surface area contributed by atoms with Crippen LogP contribution in [0.2, 0.25) is 0 Å². The first-order chi connectivity index (χ1) is 10.6. The number of halogens is 1. The minimum atomic E-state index is -0.169. The van der Waals surface area contributed by atoms with Crippen molar-refractivity contribution < 1.29 is 14.3 Å². The second-order valence-corrected chi connectivity index (χ2v) is 6.64. The van der Waals surface area contributed by atoms with Crippen molar-refractivity contribution in [2.75, 3.05) is 20.0 Å². The lowest BCUT2D eigenvalue weighted by Crippen LogP contribution is -2.36. The molecule has 1 aromatic carbocycles. The average Bonchev–Trinajstić information content (AvgIpc) is 2.50.